The minimum Gasteiger partial charge on any atom is -0.398 e. The third kappa shape index (κ3) is 2.27. The number of hydrogen-bond acceptors (Lipinski definition) is 6. The van der Waals surface area contributed by atoms with Crippen molar-refractivity contribution in [1.29, 1.82) is 0 Å². The molecule has 0 atom stereocenters. The highest BCUT2D eigenvalue weighted by Crippen LogP contribution is 2.28. The highest BCUT2D eigenvalue weighted by Gasteiger charge is 2.15. The van der Waals surface area contributed by atoms with Crippen molar-refractivity contribution in [2.75, 3.05) is 5.73 Å². The van der Waals surface area contributed by atoms with Gasteiger partial charge in [0.2, 0.25) is 4.96 Å². The Morgan fingerprint density at radius 2 is 1.70 bits per heavy atom. The molecule has 0 fully saturated rings. The molecule has 0 aliphatic carbocycles. The number of anilines is 1. The average Bonchev–Trinajstić information content (AvgIpc) is 3.01. The van der Waals surface area contributed by atoms with Crippen molar-refractivity contribution in [3.05, 3.63) is 65.0 Å². The molecule has 6 nitrogen and oxygen atoms in total. The normalized spacial score (nSPS) is 11.0. The van der Waals surface area contributed by atoms with Crippen LogP contribution in [0.5, 0.6) is 0 Å². The second-order valence-corrected chi connectivity index (χ2v) is 5.86. The maximum Gasteiger partial charge on any atom is 0.302 e. The number of aromatic nitrogens is 4. The summed E-state index contributed by atoms with van der Waals surface area (Å²) < 4.78 is 1.28. The van der Waals surface area contributed by atoms with E-state index < -0.39 is 0 Å². The number of nitrogens with zero attached hydrogens (tertiary/aromatic N) is 4. The largest absolute Gasteiger partial charge is 0.398 e. The minimum atomic E-state index is -0.293. The number of nitrogen functional groups attached to an aromatic ring is 1. The number of para-hydroxylation sites is 1. The third-order valence-corrected chi connectivity index (χ3v) is 4.36. The number of fused-ring (bicyclic) bond motifs is 1. The third-order valence-electron chi connectivity index (χ3n) is 3.43. The molecule has 2 aromatic carbocycles. The second kappa shape index (κ2) is 5.29. The van der Waals surface area contributed by atoms with Gasteiger partial charge in [-0.1, -0.05) is 53.8 Å². The van der Waals surface area contributed by atoms with Gasteiger partial charge in [0.1, 0.15) is 5.01 Å². The second-order valence-electron chi connectivity index (χ2n) is 4.91. The van der Waals surface area contributed by atoms with Crippen LogP contribution in [-0.2, 0) is 0 Å². The molecule has 0 saturated heterocycles. The quantitative estimate of drug-likeness (QED) is 0.573. The fraction of sp³-hybridized carbons (Fsp3) is 0. The molecule has 0 aliphatic rings. The number of benzene rings is 2. The molecule has 7 heteroatoms. The molecular weight excluding hydrogens is 310 g/mol. The minimum absolute atomic E-state index is 0.279. The lowest BCUT2D eigenvalue weighted by molar-refractivity contribution is 0.862. The number of hydrogen-bond donors (Lipinski definition) is 1. The average molecular weight is 321 g/mol. The van der Waals surface area contributed by atoms with Crippen LogP contribution in [0.4, 0.5) is 5.69 Å². The molecule has 2 aromatic heterocycles. The summed E-state index contributed by atoms with van der Waals surface area (Å²) in [5, 5.41) is 13.2. The van der Waals surface area contributed by atoms with Gasteiger partial charge in [0, 0.05) is 16.8 Å². The Labute approximate surface area is 134 Å². The molecule has 2 heterocycles. The highest BCUT2D eigenvalue weighted by atomic mass is 32.1. The SMILES string of the molecule is Nc1ccccc1-c1nn2c(=O)c(-c3ccccc3)nnc2s1. The molecule has 0 bridgehead atoms. The van der Waals surface area contributed by atoms with Crippen molar-refractivity contribution in [2.45, 2.75) is 0 Å². The molecular formula is C16H11N5OS. The van der Waals surface area contributed by atoms with Gasteiger partial charge in [0.25, 0.3) is 0 Å². The van der Waals surface area contributed by atoms with E-state index in [1.807, 2.05) is 48.5 Å². The molecule has 0 amide bonds. The topological polar surface area (TPSA) is 86.2 Å². The van der Waals surface area contributed by atoms with Gasteiger partial charge in [0.15, 0.2) is 5.69 Å². The van der Waals surface area contributed by atoms with Crippen molar-refractivity contribution >= 4 is 22.0 Å². The summed E-state index contributed by atoms with van der Waals surface area (Å²) in [6, 6.07) is 16.6. The van der Waals surface area contributed by atoms with Crippen LogP contribution in [0.25, 0.3) is 26.8 Å². The predicted octanol–water partition coefficient (Wildman–Crippen LogP) is 2.46. The lowest BCUT2D eigenvalue weighted by Gasteiger charge is -1.99. The molecule has 0 aliphatic heterocycles. The van der Waals surface area contributed by atoms with Gasteiger partial charge < -0.3 is 5.73 Å². The van der Waals surface area contributed by atoms with E-state index in [1.54, 1.807) is 6.07 Å². The first-order valence-corrected chi connectivity index (χ1v) is 7.72. The van der Waals surface area contributed by atoms with Gasteiger partial charge in [0.05, 0.1) is 0 Å². The van der Waals surface area contributed by atoms with Gasteiger partial charge >= 0.3 is 5.56 Å². The van der Waals surface area contributed by atoms with Crippen molar-refractivity contribution in [2.24, 2.45) is 0 Å². The van der Waals surface area contributed by atoms with Crippen LogP contribution in [0.1, 0.15) is 0 Å². The Balaban J connectivity index is 1.93. The van der Waals surface area contributed by atoms with E-state index in [1.165, 1.54) is 15.9 Å². The summed E-state index contributed by atoms with van der Waals surface area (Å²) >= 11 is 1.28. The molecule has 23 heavy (non-hydrogen) atoms. The van der Waals surface area contributed by atoms with E-state index in [9.17, 15) is 4.79 Å². The van der Waals surface area contributed by atoms with Gasteiger partial charge in [-0.15, -0.1) is 10.2 Å². The molecule has 0 unspecified atom stereocenters. The van der Waals surface area contributed by atoms with E-state index in [0.29, 0.717) is 21.2 Å². The van der Waals surface area contributed by atoms with Gasteiger partial charge in [-0.25, -0.2) is 0 Å². The van der Waals surface area contributed by atoms with Crippen LogP contribution in [0, 0.1) is 0 Å². The maximum absolute atomic E-state index is 12.6. The molecule has 0 spiro atoms. The summed E-state index contributed by atoms with van der Waals surface area (Å²) in [5.41, 5.74) is 8.07. The summed E-state index contributed by atoms with van der Waals surface area (Å²) in [4.78, 5) is 13.1. The van der Waals surface area contributed by atoms with Crippen molar-refractivity contribution in [1.82, 2.24) is 19.8 Å². The first-order chi connectivity index (χ1) is 11.2. The number of rotatable bonds is 2. The Hall–Kier alpha value is -3.06. The van der Waals surface area contributed by atoms with E-state index in [-0.39, 0.29) is 11.3 Å². The van der Waals surface area contributed by atoms with Crippen molar-refractivity contribution in [3.63, 3.8) is 0 Å². The Bertz CT molecular complexity index is 1050. The molecule has 0 radical (unpaired) electrons. The van der Waals surface area contributed by atoms with Gasteiger partial charge in [-0.05, 0) is 12.1 Å². The predicted molar refractivity (Wildman–Crippen MR) is 90.2 cm³/mol. The smallest absolute Gasteiger partial charge is 0.302 e. The first-order valence-electron chi connectivity index (χ1n) is 6.91. The van der Waals surface area contributed by atoms with E-state index >= 15 is 0 Å². The fourth-order valence-corrected chi connectivity index (χ4v) is 3.18. The molecule has 112 valence electrons. The zero-order valence-corrected chi connectivity index (χ0v) is 12.7. The monoisotopic (exact) mass is 321 g/mol. The van der Waals surface area contributed by atoms with E-state index in [0.717, 1.165) is 5.56 Å². The van der Waals surface area contributed by atoms with Crippen LogP contribution in [0.15, 0.2) is 59.4 Å². The molecule has 2 N–H and O–H groups in total. The zero-order chi connectivity index (χ0) is 15.8. The first kappa shape index (κ1) is 13.6. The number of nitrogens with two attached hydrogens (primary N) is 1. The molecule has 4 aromatic rings. The van der Waals surface area contributed by atoms with Crippen LogP contribution in [0.3, 0.4) is 0 Å². The Kier molecular flexibility index (Phi) is 3.13. The highest BCUT2D eigenvalue weighted by molar-refractivity contribution is 7.19. The summed E-state index contributed by atoms with van der Waals surface area (Å²) in [5.74, 6) is 0. The van der Waals surface area contributed by atoms with Gasteiger partial charge in [-0.3, -0.25) is 4.79 Å². The van der Waals surface area contributed by atoms with E-state index in [2.05, 4.69) is 15.3 Å². The van der Waals surface area contributed by atoms with Crippen molar-refractivity contribution in [3.8, 4) is 21.8 Å². The Morgan fingerprint density at radius 3 is 2.48 bits per heavy atom. The van der Waals surface area contributed by atoms with Gasteiger partial charge in [-0.2, -0.15) is 9.61 Å². The maximum atomic E-state index is 12.6. The lowest BCUT2D eigenvalue weighted by Crippen LogP contribution is -2.19. The van der Waals surface area contributed by atoms with Crippen LogP contribution >= 0.6 is 11.3 Å². The summed E-state index contributed by atoms with van der Waals surface area (Å²) in [6.45, 7) is 0. The molecule has 0 saturated carbocycles. The van der Waals surface area contributed by atoms with Crippen LogP contribution < -0.4 is 11.3 Å². The fourth-order valence-electron chi connectivity index (χ4n) is 2.29. The van der Waals surface area contributed by atoms with E-state index in [4.69, 9.17) is 5.73 Å². The van der Waals surface area contributed by atoms with Crippen LogP contribution in [0.2, 0.25) is 0 Å². The van der Waals surface area contributed by atoms with Crippen LogP contribution in [-0.4, -0.2) is 19.8 Å². The molecule has 4 rings (SSSR count). The summed E-state index contributed by atoms with van der Waals surface area (Å²) in [6.07, 6.45) is 0. The Morgan fingerprint density at radius 1 is 0.957 bits per heavy atom. The van der Waals surface area contributed by atoms with Crippen molar-refractivity contribution < 1.29 is 0 Å². The zero-order valence-electron chi connectivity index (χ0n) is 11.9. The standard InChI is InChI=1S/C16H11N5OS/c17-12-9-5-4-8-11(12)14-20-21-15(22)13(18-19-16(21)23-14)10-6-2-1-3-7-10/h1-9H,17H2. The lowest BCUT2D eigenvalue weighted by atomic mass is 10.2. The summed E-state index contributed by atoms with van der Waals surface area (Å²) in [7, 11) is 0.